The number of hydrogen-bond acceptors (Lipinski definition) is 3. The lowest BCUT2D eigenvalue weighted by Crippen LogP contribution is -2.49. The van der Waals surface area contributed by atoms with Crippen LogP contribution in [0.4, 0.5) is 23.2 Å². The maximum Gasteiger partial charge on any atom is 0.417 e. The Morgan fingerprint density at radius 3 is 2.28 bits per heavy atom. The molecular formula is C20H18F4N4O. The highest BCUT2D eigenvalue weighted by molar-refractivity contribution is 5.95. The summed E-state index contributed by atoms with van der Waals surface area (Å²) >= 11 is 0. The SMILES string of the molecule is Cc1nc2ccc(C(F)(F)F)cn2c1C(=O)N1CCN(c2ccc(F)cc2)CC1. The van der Waals surface area contributed by atoms with E-state index in [0.717, 1.165) is 18.0 Å². The third-order valence-electron chi connectivity index (χ3n) is 5.08. The minimum atomic E-state index is -4.51. The van der Waals surface area contributed by atoms with Gasteiger partial charge in [-0.15, -0.1) is 0 Å². The third-order valence-corrected chi connectivity index (χ3v) is 5.08. The van der Waals surface area contributed by atoms with Crippen LogP contribution in [-0.2, 0) is 6.18 Å². The Bertz CT molecular complexity index is 1050. The van der Waals surface area contributed by atoms with Gasteiger partial charge in [-0.2, -0.15) is 13.2 Å². The Morgan fingerprint density at radius 1 is 1.00 bits per heavy atom. The van der Waals surface area contributed by atoms with E-state index in [0.29, 0.717) is 37.5 Å². The number of hydrogen-bond donors (Lipinski definition) is 0. The van der Waals surface area contributed by atoms with Crippen LogP contribution < -0.4 is 4.90 Å². The lowest BCUT2D eigenvalue weighted by atomic mass is 10.2. The van der Waals surface area contributed by atoms with Gasteiger partial charge in [-0.25, -0.2) is 9.37 Å². The first-order valence-electron chi connectivity index (χ1n) is 9.10. The first-order chi connectivity index (χ1) is 13.7. The van der Waals surface area contributed by atoms with Gasteiger partial charge in [0.05, 0.1) is 11.3 Å². The number of aryl methyl sites for hydroxylation is 1. The molecular weight excluding hydrogens is 388 g/mol. The zero-order valence-electron chi connectivity index (χ0n) is 15.6. The van der Waals surface area contributed by atoms with Crippen molar-refractivity contribution in [2.45, 2.75) is 13.1 Å². The zero-order valence-corrected chi connectivity index (χ0v) is 15.6. The fourth-order valence-corrected chi connectivity index (χ4v) is 3.56. The molecule has 2 aromatic heterocycles. The van der Waals surface area contributed by atoms with Crippen LogP contribution in [0.1, 0.15) is 21.7 Å². The van der Waals surface area contributed by atoms with E-state index in [1.54, 1.807) is 24.0 Å². The number of halogens is 4. The Morgan fingerprint density at radius 2 is 1.66 bits per heavy atom. The maximum atomic E-state index is 13.1. The van der Waals surface area contributed by atoms with Gasteiger partial charge in [0.15, 0.2) is 0 Å². The number of carbonyl (C=O) groups excluding carboxylic acids is 1. The minimum Gasteiger partial charge on any atom is -0.368 e. The van der Waals surface area contributed by atoms with E-state index in [2.05, 4.69) is 4.98 Å². The third kappa shape index (κ3) is 3.64. The standard InChI is InChI=1S/C20H18F4N4O/c1-13-18(28-12-14(20(22,23)24)2-7-17(28)25-13)19(29)27-10-8-26(9-11-27)16-5-3-15(21)4-6-16/h2-7,12H,8-11H2,1H3. The number of carbonyl (C=O) groups is 1. The first kappa shape index (κ1) is 19.2. The number of benzene rings is 1. The van der Waals surface area contributed by atoms with Crippen molar-refractivity contribution in [3.8, 4) is 0 Å². The van der Waals surface area contributed by atoms with Crippen molar-refractivity contribution in [2.75, 3.05) is 31.1 Å². The molecule has 0 atom stereocenters. The normalized spacial score (nSPS) is 15.2. The molecule has 0 N–H and O–H groups in total. The van der Waals surface area contributed by atoms with Crippen molar-refractivity contribution in [1.29, 1.82) is 0 Å². The van der Waals surface area contributed by atoms with Crippen molar-refractivity contribution in [3.05, 3.63) is 65.4 Å². The smallest absolute Gasteiger partial charge is 0.368 e. The summed E-state index contributed by atoms with van der Waals surface area (Å²) in [6, 6.07) is 8.34. The van der Waals surface area contributed by atoms with E-state index < -0.39 is 11.7 Å². The molecule has 1 saturated heterocycles. The molecule has 0 unspecified atom stereocenters. The predicted octanol–water partition coefficient (Wildman–Crippen LogP) is 3.76. The van der Waals surface area contributed by atoms with Gasteiger partial charge in [-0.05, 0) is 43.3 Å². The van der Waals surface area contributed by atoms with Gasteiger partial charge in [0.2, 0.25) is 0 Å². The van der Waals surface area contributed by atoms with Crippen LogP contribution in [0.15, 0.2) is 42.6 Å². The predicted molar refractivity (Wildman–Crippen MR) is 99.4 cm³/mol. The highest BCUT2D eigenvalue weighted by atomic mass is 19.4. The van der Waals surface area contributed by atoms with Crippen molar-refractivity contribution >= 4 is 17.2 Å². The van der Waals surface area contributed by atoms with E-state index in [9.17, 15) is 22.4 Å². The summed E-state index contributed by atoms with van der Waals surface area (Å²) in [6.07, 6.45) is -3.59. The average molecular weight is 406 g/mol. The molecule has 3 heterocycles. The molecule has 0 spiro atoms. The number of aromatic nitrogens is 2. The molecule has 29 heavy (non-hydrogen) atoms. The number of fused-ring (bicyclic) bond motifs is 1. The van der Waals surface area contributed by atoms with Gasteiger partial charge < -0.3 is 9.80 Å². The second-order valence-corrected chi connectivity index (χ2v) is 6.95. The van der Waals surface area contributed by atoms with Crippen LogP contribution in [0.5, 0.6) is 0 Å². The number of imidazole rings is 1. The molecule has 5 nitrogen and oxygen atoms in total. The molecule has 1 amide bonds. The van der Waals surface area contributed by atoms with Crippen molar-refractivity contribution in [3.63, 3.8) is 0 Å². The molecule has 0 aliphatic carbocycles. The summed E-state index contributed by atoms with van der Waals surface area (Å²) < 4.78 is 53.6. The summed E-state index contributed by atoms with van der Waals surface area (Å²) in [5.74, 6) is -0.669. The number of nitrogens with zero attached hydrogens (tertiary/aromatic N) is 4. The molecule has 0 radical (unpaired) electrons. The largest absolute Gasteiger partial charge is 0.417 e. The van der Waals surface area contributed by atoms with Crippen LogP contribution in [0.2, 0.25) is 0 Å². The van der Waals surface area contributed by atoms with Gasteiger partial charge in [0.1, 0.15) is 17.2 Å². The monoisotopic (exact) mass is 406 g/mol. The topological polar surface area (TPSA) is 40.9 Å². The Labute approximate surface area is 164 Å². The summed E-state index contributed by atoms with van der Waals surface area (Å²) in [5, 5.41) is 0. The van der Waals surface area contributed by atoms with E-state index in [1.165, 1.54) is 22.6 Å². The van der Waals surface area contributed by atoms with Crippen LogP contribution >= 0.6 is 0 Å². The summed E-state index contributed by atoms with van der Waals surface area (Å²) in [7, 11) is 0. The van der Waals surface area contributed by atoms with Gasteiger partial charge in [0, 0.05) is 38.1 Å². The van der Waals surface area contributed by atoms with Crippen LogP contribution in [0.3, 0.4) is 0 Å². The highest BCUT2D eigenvalue weighted by Crippen LogP contribution is 2.30. The first-order valence-corrected chi connectivity index (χ1v) is 9.10. The van der Waals surface area contributed by atoms with E-state index in [-0.39, 0.29) is 17.4 Å². The van der Waals surface area contributed by atoms with Crippen molar-refractivity contribution < 1.29 is 22.4 Å². The fraction of sp³-hybridized carbons (Fsp3) is 0.300. The molecule has 0 saturated carbocycles. The Kier molecular flexibility index (Phi) is 4.68. The molecule has 1 aromatic carbocycles. The van der Waals surface area contributed by atoms with Gasteiger partial charge >= 0.3 is 6.18 Å². The number of anilines is 1. The number of piperazine rings is 1. The molecule has 4 rings (SSSR count). The molecule has 9 heteroatoms. The quantitative estimate of drug-likeness (QED) is 0.609. The van der Waals surface area contributed by atoms with E-state index >= 15 is 0 Å². The molecule has 152 valence electrons. The molecule has 1 aliphatic heterocycles. The zero-order chi connectivity index (χ0) is 20.8. The summed E-state index contributed by atoms with van der Waals surface area (Å²) in [6.45, 7) is 3.51. The van der Waals surface area contributed by atoms with Gasteiger partial charge in [-0.3, -0.25) is 9.20 Å². The maximum absolute atomic E-state index is 13.1. The number of rotatable bonds is 2. The molecule has 3 aromatic rings. The highest BCUT2D eigenvalue weighted by Gasteiger charge is 2.32. The van der Waals surface area contributed by atoms with Gasteiger partial charge in [0.25, 0.3) is 5.91 Å². The molecule has 1 fully saturated rings. The van der Waals surface area contributed by atoms with Crippen LogP contribution in [-0.4, -0.2) is 46.4 Å². The Hall–Kier alpha value is -3.10. The molecule has 1 aliphatic rings. The minimum absolute atomic E-state index is 0.140. The van der Waals surface area contributed by atoms with Crippen LogP contribution in [0, 0.1) is 12.7 Å². The lowest BCUT2D eigenvalue weighted by molar-refractivity contribution is -0.137. The number of amides is 1. The van der Waals surface area contributed by atoms with E-state index in [1.807, 2.05) is 4.90 Å². The van der Waals surface area contributed by atoms with E-state index in [4.69, 9.17) is 0 Å². The fourth-order valence-electron chi connectivity index (χ4n) is 3.56. The second-order valence-electron chi connectivity index (χ2n) is 6.95. The van der Waals surface area contributed by atoms with Crippen molar-refractivity contribution in [1.82, 2.24) is 14.3 Å². The average Bonchev–Trinajstić information content (AvgIpc) is 3.02. The second kappa shape index (κ2) is 7.06. The van der Waals surface area contributed by atoms with Crippen LogP contribution in [0.25, 0.3) is 5.65 Å². The number of pyridine rings is 1. The Balaban J connectivity index is 1.56. The van der Waals surface area contributed by atoms with Gasteiger partial charge in [-0.1, -0.05) is 0 Å². The summed E-state index contributed by atoms with van der Waals surface area (Å²) in [5.41, 5.74) is 0.845. The lowest BCUT2D eigenvalue weighted by Gasteiger charge is -2.36. The summed E-state index contributed by atoms with van der Waals surface area (Å²) in [4.78, 5) is 20.9. The van der Waals surface area contributed by atoms with Crippen molar-refractivity contribution in [2.24, 2.45) is 0 Å². The number of alkyl halides is 3. The molecule has 0 bridgehead atoms.